The molecule has 2 aliphatic carbocycles. The Balaban J connectivity index is 1.51. The van der Waals surface area contributed by atoms with Crippen LogP contribution in [0.5, 0.6) is 0 Å². The van der Waals surface area contributed by atoms with Gasteiger partial charge in [-0.2, -0.15) is 0 Å². The van der Waals surface area contributed by atoms with Crippen LogP contribution >= 0.6 is 0 Å². The van der Waals surface area contributed by atoms with Gasteiger partial charge in [0.25, 0.3) is 0 Å². The second-order valence-corrected chi connectivity index (χ2v) is 10.9. The molecule has 4 atom stereocenters. The van der Waals surface area contributed by atoms with Gasteiger partial charge in [0.05, 0.1) is 24.5 Å². The number of Topliss-reactive ketones (excluding diaryl/α,β-unsaturated/α-hetero) is 1. The van der Waals surface area contributed by atoms with Crippen LogP contribution in [0.2, 0.25) is 0 Å². The molecule has 184 valence electrons. The molecule has 33 heavy (non-hydrogen) atoms. The van der Waals surface area contributed by atoms with Gasteiger partial charge in [-0.1, -0.05) is 63.4 Å². The van der Waals surface area contributed by atoms with Crippen molar-refractivity contribution in [3.63, 3.8) is 0 Å². The van der Waals surface area contributed by atoms with E-state index in [1.807, 2.05) is 44.2 Å². The third-order valence-electron chi connectivity index (χ3n) is 7.18. The molecule has 0 radical (unpaired) electrons. The number of ether oxygens (including phenoxy) is 1. The van der Waals surface area contributed by atoms with Crippen LogP contribution in [0.25, 0.3) is 0 Å². The van der Waals surface area contributed by atoms with E-state index in [4.69, 9.17) is 4.74 Å². The largest absolute Gasteiger partial charge is 0.449 e. The summed E-state index contributed by atoms with van der Waals surface area (Å²) in [5.41, 5.74) is 0.287. The summed E-state index contributed by atoms with van der Waals surface area (Å²) in [6, 6.07) is 9.53. The maximum Gasteiger partial charge on any atom is 0.407 e. The Hall–Kier alpha value is -1.92. The van der Waals surface area contributed by atoms with Crippen molar-refractivity contribution in [3.8, 4) is 0 Å². The number of amides is 1. The maximum atomic E-state index is 12.5. The van der Waals surface area contributed by atoms with Gasteiger partial charge in [-0.05, 0) is 50.5 Å². The molecule has 0 saturated heterocycles. The Morgan fingerprint density at radius 1 is 1.15 bits per heavy atom. The lowest BCUT2D eigenvalue weighted by Gasteiger charge is -2.34. The summed E-state index contributed by atoms with van der Waals surface area (Å²) in [5, 5.41) is 17.5. The van der Waals surface area contributed by atoms with Crippen molar-refractivity contribution < 1.29 is 19.4 Å². The van der Waals surface area contributed by atoms with Crippen LogP contribution in [0.15, 0.2) is 30.3 Å². The molecule has 2 fully saturated rings. The van der Waals surface area contributed by atoms with Gasteiger partial charge in [0.15, 0.2) is 0 Å². The van der Waals surface area contributed by atoms with E-state index in [9.17, 15) is 14.7 Å². The molecule has 0 aromatic heterocycles. The quantitative estimate of drug-likeness (QED) is 0.457. The zero-order valence-corrected chi connectivity index (χ0v) is 20.7. The zero-order valence-electron chi connectivity index (χ0n) is 20.7. The summed E-state index contributed by atoms with van der Waals surface area (Å²) < 4.78 is 5.53. The van der Waals surface area contributed by atoms with Crippen LogP contribution in [0.4, 0.5) is 4.79 Å². The molecular formula is C27H42N2O4. The summed E-state index contributed by atoms with van der Waals surface area (Å²) in [7, 11) is 0. The average Bonchev–Trinajstić information content (AvgIpc) is 3.47. The lowest BCUT2D eigenvalue weighted by molar-refractivity contribution is -0.113. The summed E-state index contributed by atoms with van der Waals surface area (Å²) >= 11 is 0. The first kappa shape index (κ1) is 25.7. The van der Waals surface area contributed by atoms with Crippen molar-refractivity contribution in [2.45, 2.75) is 89.8 Å². The molecule has 1 amide bonds. The number of aliphatic hydroxyl groups is 1. The molecule has 0 spiro atoms. The highest BCUT2D eigenvalue weighted by Crippen LogP contribution is 2.47. The molecule has 2 saturated carbocycles. The van der Waals surface area contributed by atoms with Crippen LogP contribution in [0.1, 0.15) is 77.7 Å². The van der Waals surface area contributed by atoms with E-state index in [0.717, 1.165) is 24.8 Å². The monoisotopic (exact) mass is 458 g/mol. The molecule has 1 aromatic rings. The van der Waals surface area contributed by atoms with Gasteiger partial charge in [-0.3, -0.25) is 4.79 Å². The highest BCUT2D eigenvalue weighted by Gasteiger charge is 2.57. The first-order chi connectivity index (χ1) is 15.7. The lowest BCUT2D eigenvalue weighted by Crippen LogP contribution is -2.55. The molecule has 6 heteroatoms. The number of hydrogen-bond acceptors (Lipinski definition) is 5. The topological polar surface area (TPSA) is 87.7 Å². The van der Waals surface area contributed by atoms with Crippen LogP contribution in [-0.4, -0.2) is 47.8 Å². The number of nitrogens with one attached hydrogen (secondary N) is 2. The molecule has 0 heterocycles. The molecule has 0 aliphatic heterocycles. The lowest BCUT2D eigenvalue weighted by atomic mass is 9.90. The van der Waals surface area contributed by atoms with E-state index in [1.54, 1.807) is 0 Å². The Morgan fingerprint density at radius 3 is 2.45 bits per heavy atom. The normalized spacial score (nSPS) is 23.3. The van der Waals surface area contributed by atoms with Gasteiger partial charge >= 0.3 is 6.09 Å². The van der Waals surface area contributed by atoms with Gasteiger partial charge in [-0.15, -0.1) is 0 Å². The minimum Gasteiger partial charge on any atom is -0.449 e. The van der Waals surface area contributed by atoms with Crippen molar-refractivity contribution in [1.82, 2.24) is 10.6 Å². The van der Waals surface area contributed by atoms with E-state index in [0.29, 0.717) is 25.0 Å². The fraction of sp³-hybridized carbons (Fsp3) is 0.704. The standard InChI is InChI=1S/C27H42N2O4/c1-18(2)15-21(29-26(32)33-17-19-11-7-5-8-12-19)16-28-27(3,4)25(31)23-22(24(23)30)20-13-9-6-10-14-20/h6,9-10,13-14,18-19,21-23,25,28,31H,5,7-8,11-12,15-17H2,1-4H3,(H,29,32)/t21-,22?,23?,25-/m1/s1. The highest BCUT2D eigenvalue weighted by molar-refractivity contribution is 6.05. The third kappa shape index (κ3) is 7.28. The second kappa shape index (κ2) is 11.5. The minimum absolute atomic E-state index is 0.0896. The van der Waals surface area contributed by atoms with E-state index >= 15 is 0 Å². The number of ketones is 1. The molecule has 1 aromatic carbocycles. The average molecular weight is 459 g/mol. The molecule has 2 aliphatic rings. The number of carbonyl (C=O) groups excluding carboxylic acids is 2. The summed E-state index contributed by atoms with van der Waals surface area (Å²) in [5.74, 6) is 0.338. The van der Waals surface area contributed by atoms with Crippen molar-refractivity contribution in [1.29, 1.82) is 0 Å². The summed E-state index contributed by atoms with van der Waals surface area (Å²) in [6.07, 6.45) is 5.63. The number of aliphatic hydroxyl groups excluding tert-OH is 1. The van der Waals surface area contributed by atoms with Crippen molar-refractivity contribution >= 4 is 11.9 Å². The molecular weight excluding hydrogens is 416 g/mol. The van der Waals surface area contributed by atoms with Crippen LogP contribution in [-0.2, 0) is 9.53 Å². The Labute approximate surface area is 198 Å². The first-order valence-corrected chi connectivity index (χ1v) is 12.6. The molecule has 2 unspecified atom stereocenters. The van der Waals surface area contributed by atoms with Gasteiger partial charge in [0.2, 0.25) is 0 Å². The van der Waals surface area contributed by atoms with E-state index in [1.165, 1.54) is 19.3 Å². The molecule has 6 nitrogen and oxygen atoms in total. The predicted octanol–water partition coefficient (Wildman–Crippen LogP) is 4.42. The Bertz CT molecular complexity index is 774. The summed E-state index contributed by atoms with van der Waals surface area (Å²) in [6.45, 7) is 9.06. The van der Waals surface area contributed by atoms with Gasteiger partial charge in [-0.25, -0.2) is 4.79 Å². The van der Waals surface area contributed by atoms with Crippen molar-refractivity contribution in [2.75, 3.05) is 13.2 Å². The first-order valence-electron chi connectivity index (χ1n) is 12.6. The van der Waals surface area contributed by atoms with E-state index < -0.39 is 17.6 Å². The van der Waals surface area contributed by atoms with Crippen LogP contribution in [0.3, 0.4) is 0 Å². The maximum absolute atomic E-state index is 12.5. The number of hydrogen-bond donors (Lipinski definition) is 3. The van der Waals surface area contributed by atoms with Crippen molar-refractivity contribution in [2.24, 2.45) is 17.8 Å². The number of rotatable bonds is 11. The third-order valence-corrected chi connectivity index (χ3v) is 7.18. The van der Waals surface area contributed by atoms with E-state index in [2.05, 4.69) is 24.5 Å². The van der Waals surface area contributed by atoms with Crippen LogP contribution < -0.4 is 10.6 Å². The van der Waals surface area contributed by atoms with Gasteiger partial charge in [0, 0.05) is 18.1 Å². The van der Waals surface area contributed by atoms with Gasteiger partial charge < -0.3 is 20.5 Å². The van der Waals surface area contributed by atoms with Gasteiger partial charge in [0.1, 0.15) is 5.78 Å². The van der Waals surface area contributed by atoms with Crippen LogP contribution in [0, 0.1) is 17.8 Å². The smallest absolute Gasteiger partial charge is 0.407 e. The molecule has 3 rings (SSSR count). The minimum atomic E-state index is -0.812. The number of benzene rings is 1. The van der Waals surface area contributed by atoms with E-state index in [-0.39, 0.29) is 23.8 Å². The second-order valence-electron chi connectivity index (χ2n) is 10.9. The Kier molecular flexibility index (Phi) is 8.94. The fourth-order valence-electron chi connectivity index (χ4n) is 5.09. The summed E-state index contributed by atoms with van der Waals surface area (Å²) in [4.78, 5) is 24.9. The SMILES string of the molecule is CC(C)C[C@H](CNC(C)(C)[C@H](O)C1C(=O)C1c1ccccc1)NC(=O)OCC1CCCCC1. The van der Waals surface area contributed by atoms with Crippen molar-refractivity contribution in [3.05, 3.63) is 35.9 Å². The molecule has 3 N–H and O–H groups in total. The Morgan fingerprint density at radius 2 is 1.82 bits per heavy atom. The fourth-order valence-corrected chi connectivity index (χ4v) is 5.09. The zero-order chi connectivity index (χ0) is 24.0. The number of carbonyl (C=O) groups is 2. The molecule has 0 bridgehead atoms. The number of alkyl carbamates (subject to hydrolysis) is 1. The highest BCUT2D eigenvalue weighted by atomic mass is 16.5. The predicted molar refractivity (Wildman–Crippen MR) is 130 cm³/mol.